The Kier molecular flexibility index (Phi) is 19.5. The standard InChI is InChI=1S/C68H68N7O13P/c69-59(77)32-30-54(58(76)39-51(41-17-10-7-11-18-41)42-19-12-8-13-20-42)71-65(82)57-38-45-24-15-23-44-27-29-55(67(84)75(57)61(44)45)72-62(79)46-26-28-49-47(35-46)36-48(68(85)89(86,87)88)37-52(49)63(80)70-34-14-6-4-2-1-3-5-9-21-43-22-16-25-50-53(43)40-74(66(50)83)56-31-33-60(78)73-64(56)81/h7-8,10-13,15-20,22-26,28,35-37,51,54-57H,1-6,14,27,29-34,38-40H2,(H2,69,77)(H,70,80)(H,71,82)(H,72,79)(H,73,78,81)(H2,86,87,88)/t54-,55-,56?,57-/m0/s1. The van der Waals surface area contributed by atoms with E-state index in [2.05, 4.69) is 33.1 Å². The Morgan fingerprint density at radius 1 is 0.742 bits per heavy atom. The number of primary amides is 1. The maximum atomic E-state index is 14.9. The zero-order chi connectivity index (χ0) is 62.9. The van der Waals surface area contributed by atoms with Crippen molar-refractivity contribution in [2.24, 2.45) is 5.73 Å². The molecule has 8 N–H and O–H groups in total. The lowest BCUT2D eigenvalue weighted by molar-refractivity contribution is -0.137. The normalized spacial score (nSPS) is 17.2. The molecule has 6 aromatic rings. The smallest absolute Gasteiger partial charge is 0.370 e. The highest BCUT2D eigenvalue weighted by Crippen LogP contribution is 2.42. The fraction of sp³-hybridized carbons (Fsp3) is 0.324. The largest absolute Gasteiger partial charge is 0.396 e. The van der Waals surface area contributed by atoms with E-state index in [-0.39, 0.29) is 103 Å². The molecule has 0 saturated carbocycles. The van der Waals surface area contributed by atoms with Crippen molar-refractivity contribution in [3.8, 4) is 11.8 Å². The summed E-state index contributed by atoms with van der Waals surface area (Å²) < 4.78 is 12.3. The summed E-state index contributed by atoms with van der Waals surface area (Å²) in [6.45, 7) is 0.502. The molecule has 4 heterocycles. The molecule has 1 fully saturated rings. The van der Waals surface area contributed by atoms with Gasteiger partial charge in [-0.1, -0.05) is 129 Å². The predicted octanol–water partition coefficient (Wildman–Crippen LogP) is 6.98. The van der Waals surface area contributed by atoms with Crippen LogP contribution in [0.4, 0.5) is 5.69 Å². The van der Waals surface area contributed by atoms with Crippen molar-refractivity contribution in [1.29, 1.82) is 0 Å². The summed E-state index contributed by atoms with van der Waals surface area (Å²) in [5.41, 5.74) is 9.34. The molecule has 1 saturated heterocycles. The van der Waals surface area contributed by atoms with Crippen molar-refractivity contribution in [2.75, 3.05) is 11.4 Å². The first kappa shape index (κ1) is 62.6. The van der Waals surface area contributed by atoms with Gasteiger partial charge in [0.1, 0.15) is 18.1 Å². The van der Waals surface area contributed by atoms with E-state index in [1.54, 1.807) is 12.1 Å². The third-order valence-corrected chi connectivity index (χ3v) is 17.8. The number of carbonyl (C=O) groups excluding carboxylic acids is 10. The lowest BCUT2D eigenvalue weighted by atomic mass is 9.85. The summed E-state index contributed by atoms with van der Waals surface area (Å²) in [7, 11) is -5.34. The Labute approximate surface area is 513 Å². The number of rotatable bonds is 24. The minimum atomic E-state index is -5.34. The second kappa shape index (κ2) is 27.7. The number of unbranched alkanes of at least 4 members (excludes halogenated alkanes) is 6. The van der Waals surface area contributed by atoms with Crippen LogP contribution in [-0.2, 0) is 52.7 Å². The molecular formula is C68H68N7O13P. The predicted molar refractivity (Wildman–Crippen MR) is 330 cm³/mol. The molecule has 6 aromatic carbocycles. The Balaban J connectivity index is 0.757. The SMILES string of the molecule is NC(=O)CC[C@H](NC(=O)[C@@H]1Cc2cccc3c2N1C(=O)[C@@H](NC(=O)c1ccc2c(C(=O)NCCCCCCCCC#Cc4cccc5c4CN(C4CCC(=O)NC4=O)C5=O)cc(C(=O)P(=O)(O)O)cc2c1)CC3)C(=O)CC(c1ccccc1)c1ccccc1. The van der Waals surface area contributed by atoms with E-state index in [0.29, 0.717) is 30.5 Å². The molecule has 4 aliphatic rings. The van der Waals surface area contributed by atoms with Gasteiger partial charge in [0.25, 0.3) is 23.2 Å². The molecule has 1 unspecified atom stereocenters. The van der Waals surface area contributed by atoms with Gasteiger partial charge in [-0.25, -0.2) is 0 Å². The number of Topliss-reactive ketones (excluding diaryl/α,β-unsaturated/α-hetero) is 1. The number of hydrogen-bond donors (Lipinski definition) is 7. The van der Waals surface area contributed by atoms with Crippen molar-refractivity contribution >= 4 is 82.6 Å². The maximum Gasteiger partial charge on any atom is 0.396 e. The molecule has 0 spiro atoms. The van der Waals surface area contributed by atoms with Crippen LogP contribution in [0.15, 0.2) is 127 Å². The molecule has 89 heavy (non-hydrogen) atoms. The van der Waals surface area contributed by atoms with E-state index in [4.69, 9.17) is 5.73 Å². The summed E-state index contributed by atoms with van der Waals surface area (Å²) in [6, 6.07) is 32.2. The molecule has 10 rings (SSSR count). The van der Waals surface area contributed by atoms with Crippen LogP contribution in [0.1, 0.15) is 164 Å². The molecule has 4 aliphatic heterocycles. The van der Waals surface area contributed by atoms with Gasteiger partial charge in [-0.05, 0) is 114 Å². The van der Waals surface area contributed by atoms with E-state index in [0.717, 1.165) is 71.6 Å². The number of anilines is 1. The van der Waals surface area contributed by atoms with Gasteiger partial charge in [0, 0.05) is 78.9 Å². The number of fused-ring (bicyclic) bond motifs is 2. The van der Waals surface area contributed by atoms with Crippen molar-refractivity contribution in [3.63, 3.8) is 0 Å². The topological polar surface area (TPSA) is 309 Å². The molecule has 0 bridgehead atoms. The van der Waals surface area contributed by atoms with E-state index in [1.165, 1.54) is 34.1 Å². The van der Waals surface area contributed by atoms with Crippen LogP contribution < -0.4 is 31.9 Å². The lowest BCUT2D eigenvalue weighted by Crippen LogP contribution is -2.56. The fourth-order valence-electron chi connectivity index (χ4n) is 12.4. The third-order valence-electron chi connectivity index (χ3n) is 17.0. The number of piperidine rings is 1. The van der Waals surface area contributed by atoms with Crippen LogP contribution in [0.25, 0.3) is 10.8 Å². The number of nitrogens with two attached hydrogens (primary N) is 1. The molecular weight excluding hydrogens is 1150 g/mol. The number of nitrogens with one attached hydrogen (secondary N) is 4. The zero-order valence-electron chi connectivity index (χ0n) is 48.8. The van der Waals surface area contributed by atoms with Gasteiger partial charge in [0.15, 0.2) is 5.78 Å². The molecule has 4 atom stereocenters. The van der Waals surface area contributed by atoms with E-state index >= 15 is 0 Å². The van der Waals surface area contributed by atoms with Gasteiger partial charge < -0.3 is 36.4 Å². The van der Waals surface area contributed by atoms with Crippen molar-refractivity contribution in [3.05, 3.63) is 183 Å². The summed E-state index contributed by atoms with van der Waals surface area (Å²) in [4.78, 5) is 157. The van der Waals surface area contributed by atoms with Crippen LogP contribution in [0.2, 0.25) is 0 Å². The number of ketones is 1. The van der Waals surface area contributed by atoms with Gasteiger partial charge in [0.05, 0.1) is 11.7 Å². The zero-order valence-corrected chi connectivity index (χ0v) is 49.7. The van der Waals surface area contributed by atoms with E-state index in [9.17, 15) is 62.3 Å². The lowest BCUT2D eigenvalue weighted by Gasteiger charge is -2.29. The highest BCUT2D eigenvalue weighted by atomic mass is 31.2. The number of benzene rings is 6. The van der Waals surface area contributed by atoms with Gasteiger partial charge in [-0.3, -0.25) is 62.7 Å². The Morgan fingerprint density at radius 3 is 2.13 bits per heavy atom. The average molecular weight is 1220 g/mol. The van der Waals surface area contributed by atoms with Crippen LogP contribution in [0, 0.1) is 11.8 Å². The van der Waals surface area contributed by atoms with Crippen molar-refractivity contribution in [2.45, 2.75) is 133 Å². The van der Waals surface area contributed by atoms with Gasteiger partial charge in [-0.15, -0.1) is 0 Å². The molecule has 20 nitrogen and oxygen atoms in total. The first-order valence-electron chi connectivity index (χ1n) is 30.0. The molecule has 458 valence electrons. The van der Waals surface area contributed by atoms with E-state index in [1.807, 2.05) is 84.9 Å². The van der Waals surface area contributed by atoms with Crippen molar-refractivity contribution in [1.82, 2.24) is 26.2 Å². The number of carbonyl (C=O) groups is 10. The minimum Gasteiger partial charge on any atom is -0.370 e. The highest BCUT2D eigenvalue weighted by Gasteiger charge is 2.45. The van der Waals surface area contributed by atoms with Crippen LogP contribution in [0.5, 0.6) is 0 Å². The monoisotopic (exact) mass is 1220 g/mol. The third kappa shape index (κ3) is 14.5. The number of imide groups is 1. The van der Waals surface area contributed by atoms with Gasteiger partial charge in [0.2, 0.25) is 29.5 Å². The van der Waals surface area contributed by atoms with Gasteiger partial charge >= 0.3 is 7.60 Å². The summed E-state index contributed by atoms with van der Waals surface area (Å²) >= 11 is 0. The maximum absolute atomic E-state index is 14.9. The van der Waals surface area contributed by atoms with Gasteiger partial charge in [-0.2, -0.15) is 0 Å². The Hall–Kier alpha value is -9.41. The Bertz CT molecular complexity index is 3890. The average Bonchev–Trinajstić information content (AvgIpc) is 1.71. The molecule has 0 radical (unpaired) electrons. The van der Waals surface area contributed by atoms with Crippen LogP contribution >= 0.6 is 7.60 Å². The molecule has 21 heteroatoms. The molecule has 0 aliphatic carbocycles. The van der Waals surface area contributed by atoms with Crippen molar-refractivity contribution < 1.29 is 62.3 Å². The first-order valence-corrected chi connectivity index (χ1v) is 31.6. The quantitative estimate of drug-likeness (QED) is 0.0139. The summed E-state index contributed by atoms with van der Waals surface area (Å²) in [6.07, 6.45) is 6.31. The number of amides is 8. The molecule has 0 aromatic heterocycles. The highest BCUT2D eigenvalue weighted by molar-refractivity contribution is 7.70. The number of hydrogen-bond acceptors (Lipinski definition) is 11. The van der Waals surface area contributed by atoms with E-state index < -0.39 is 78.3 Å². The minimum absolute atomic E-state index is 0.0000938. The number of nitrogens with zero attached hydrogens (tertiary/aromatic N) is 2. The first-order chi connectivity index (χ1) is 42.8. The second-order valence-electron chi connectivity index (χ2n) is 23.0. The summed E-state index contributed by atoms with van der Waals surface area (Å²) in [5, 5.41) is 11.3. The summed E-state index contributed by atoms with van der Waals surface area (Å²) in [5.74, 6) is 1.43. The Morgan fingerprint density at radius 2 is 1.43 bits per heavy atom. The van der Waals surface area contributed by atoms with Crippen LogP contribution in [0.3, 0.4) is 0 Å². The van der Waals surface area contributed by atoms with Crippen LogP contribution in [-0.4, -0.2) is 104 Å². The second-order valence-corrected chi connectivity index (χ2v) is 24.5. The fourth-order valence-corrected chi connectivity index (χ4v) is 12.9. The molecule has 8 amide bonds. The number of para-hydroxylation sites is 1. The number of aryl methyl sites for hydroxylation is 1.